The first kappa shape index (κ1) is 27.9. The molecule has 1 fully saturated rings. The van der Waals surface area contributed by atoms with Crippen LogP contribution in [0.1, 0.15) is 12.8 Å². The van der Waals surface area contributed by atoms with Crippen LogP contribution in [0.25, 0.3) is 0 Å². The van der Waals surface area contributed by atoms with Crippen LogP contribution in [-0.2, 0) is 19.6 Å². The summed E-state index contributed by atoms with van der Waals surface area (Å²) in [6.07, 6.45) is 0.427. The van der Waals surface area contributed by atoms with Crippen LogP contribution >= 0.6 is 0 Å². The Morgan fingerprint density at radius 3 is 2.08 bits per heavy atom. The van der Waals surface area contributed by atoms with Crippen LogP contribution in [0, 0.1) is 20.2 Å². The summed E-state index contributed by atoms with van der Waals surface area (Å²) in [6.45, 7) is -0.577. The number of hydrogen-bond acceptors (Lipinski definition) is 9. The SMILES string of the molecule is O=C(NCC(NC(=O)C1CCCN1S(=O)(=O)c1ccc([N+](=O)[O-])cc1)C(=O)O)Nc1ccc([N+](=O)[O-])cc1. The number of carbonyl (C=O) groups excluding carboxylic acids is 2. The molecule has 3 amide bonds. The van der Waals surface area contributed by atoms with Gasteiger partial charge < -0.3 is 21.1 Å². The number of nitrogens with zero attached hydrogens (tertiary/aromatic N) is 3. The topological polar surface area (TPSA) is 231 Å². The van der Waals surface area contributed by atoms with Gasteiger partial charge in [0.1, 0.15) is 12.1 Å². The van der Waals surface area contributed by atoms with E-state index in [2.05, 4.69) is 16.0 Å². The van der Waals surface area contributed by atoms with Crippen molar-refractivity contribution in [3.63, 3.8) is 0 Å². The van der Waals surface area contributed by atoms with Gasteiger partial charge in [0.15, 0.2) is 0 Å². The summed E-state index contributed by atoms with van der Waals surface area (Å²) >= 11 is 0. The van der Waals surface area contributed by atoms with E-state index in [9.17, 15) is 48.1 Å². The number of carbonyl (C=O) groups is 3. The summed E-state index contributed by atoms with van der Waals surface area (Å²) in [4.78, 5) is 56.6. The third kappa shape index (κ3) is 6.56. The molecule has 2 atom stereocenters. The number of hydrogen-bond donors (Lipinski definition) is 4. The van der Waals surface area contributed by atoms with E-state index < -0.39 is 56.4 Å². The van der Waals surface area contributed by atoms with Crippen molar-refractivity contribution in [2.45, 2.75) is 29.8 Å². The van der Waals surface area contributed by atoms with Crippen LogP contribution in [0.3, 0.4) is 0 Å². The molecule has 0 aliphatic carbocycles. The molecule has 202 valence electrons. The van der Waals surface area contributed by atoms with Crippen LogP contribution in [0.4, 0.5) is 21.9 Å². The molecule has 2 aromatic rings. The van der Waals surface area contributed by atoms with E-state index in [1.54, 1.807) is 0 Å². The molecule has 1 saturated heterocycles. The molecule has 16 nitrogen and oxygen atoms in total. The highest BCUT2D eigenvalue weighted by Crippen LogP contribution is 2.27. The fraction of sp³-hybridized carbons (Fsp3) is 0.286. The highest BCUT2D eigenvalue weighted by atomic mass is 32.2. The van der Waals surface area contributed by atoms with Gasteiger partial charge in [0.2, 0.25) is 15.9 Å². The van der Waals surface area contributed by atoms with Crippen molar-refractivity contribution >= 4 is 45.0 Å². The molecular weight excluding hydrogens is 528 g/mol. The first-order valence-corrected chi connectivity index (χ1v) is 12.4. The lowest BCUT2D eigenvalue weighted by atomic mass is 10.2. The number of nitrogens with one attached hydrogen (secondary N) is 3. The lowest BCUT2D eigenvalue weighted by molar-refractivity contribution is -0.385. The molecule has 1 aliphatic heterocycles. The minimum atomic E-state index is -4.22. The second-order valence-electron chi connectivity index (χ2n) is 8.06. The first-order valence-electron chi connectivity index (χ1n) is 11.0. The third-order valence-electron chi connectivity index (χ3n) is 5.58. The minimum absolute atomic E-state index is 0.0228. The van der Waals surface area contributed by atoms with E-state index in [1.807, 2.05) is 0 Å². The number of rotatable bonds is 10. The number of benzene rings is 2. The zero-order chi connectivity index (χ0) is 28.0. The Morgan fingerprint density at radius 1 is 1.00 bits per heavy atom. The van der Waals surface area contributed by atoms with Crippen molar-refractivity contribution in [2.24, 2.45) is 0 Å². The van der Waals surface area contributed by atoms with Crippen LogP contribution in [-0.4, -0.2) is 70.8 Å². The molecule has 17 heteroatoms. The highest BCUT2D eigenvalue weighted by molar-refractivity contribution is 7.89. The van der Waals surface area contributed by atoms with Crippen molar-refractivity contribution < 1.29 is 37.8 Å². The molecule has 0 spiro atoms. The molecule has 4 N–H and O–H groups in total. The van der Waals surface area contributed by atoms with Gasteiger partial charge in [0.25, 0.3) is 11.4 Å². The Kier molecular flexibility index (Phi) is 8.53. The molecule has 2 aromatic carbocycles. The molecule has 0 bridgehead atoms. The molecule has 1 heterocycles. The minimum Gasteiger partial charge on any atom is -0.480 e. The molecule has 0 aromatic heterocycles. The number of urea groups is 1. The van der Waals surface area contributed by atoms with Crippen LogP contribution < -0.4 is 16.0 Å². The number of non-ortho nitro benzene ring substituents is 2. The second kappa shape index (κ2) is 11.6. The van der Waals surface area contributed by atoms with E-state index in [1.165, 1.54) is 12.1 Å². The average molecular weight is 551 g/mol. The van der Waals surface area contributed by atoms with Gasteiger partial charge in [0.05, 0.1) is 21.3 Å². The standard InChI is InChI=1S/C21H22N6O10S/c28-19(18-2-1-11-25(18)38(36,37)16-9-7-15(8-10-16)27(34)35)24-17(20(29)30)12-22-21(31)23-13-3-5-14(6-4-13)26(32)33/h3-10,17-18H,1-2,11-12H2,(H,24,28)(H,29,30)(H2,22,23,31). The monoisotopic (exact) mass is 550 g/mol. The first-order chi connectivity index (χ1) is 17.9. The Bertz CT molecular complexity index is 1350. The van der Waals surface area contributed by atoms with Crippen LogP contribution in [0.2, 0.25) is 0 Å². The normalized spacial score (nSPS) is 16.3. The van der Waals surface area contributed by atoms with Gasteiger partial charge in [-0.3, -0.25) is 25.0 Å². The number of anilines is 1. The van der Waals surface area contributed by atoms with Gasteiger partial charge in [-0.1, -0.05) is 0 Å². The maximum Gasteiger partial charge on any atom is 0.328 e. The zero-order valence-electron chi connectivity index (χ0n) is 19.5. The van der Waals surface area contributed by atoms with Gasteiger partial charge in [-0.25, -0.2) is 18.0 Å². The maximum atomic E-state index is 13.1. The van der Waals surface area contributed by atoms with Gasteiger partial charge >= 0.3 is 12.0 Å². The van der Waals surface area contributed by atoms with Crippen molar-refractivity contribution in [3.8, 4) is 0 Å². The van der Waals surface area contributed by atoms with E-state index in [0.29, 0.717) is 6.42 Å². The van der Waals surface area contributed by atoms with Crippen LogP contribution in [0.5, 0.6) is 0 Å². The number of carboxylic acids is 1. The third-order valence-corrected chi connectivity index (χ3v) is 7.50. The lowest BCUT2D eigenvalue weighted by Crippen LogP contribution is -2.54. The predicted molar refractivity (Wildman–Crippen MR) is 130 cm³/mol. The van der Waals surface area contributed by atoms with E-state index in [-0.39, 0.29) is 34.9 Å². The highest BCUT2D eigenvalue weighted by Gasteiger charge is 2.40. The van der Waals surface area contributed by atoms with Crippen molar-refractivity contribution in [1.29, 1.82) is 0 Å². The van der Waals surface area contributed by atoms with Gasteiger partial charge in [-0.15, -0.1) is 0 Å². The number of amides is 3. The molecule has 2 unspecified atom stereocenters. The fourth-order valence-corrected chi connectivity index (χ4v) is 5.33. The van der Waals surface area contributed by atoms with E-state index in [0.717, 1.165) is 40.7 Å². The number of sulfonamides is 1. The largest absolute Gasteiger partial charge is 0.480 e. The van der Waals surface area contributed by atoms with Crippen molar-refractivity contribution in [3.05, 3.63) is 68.8 Å². The van der Waals surface area contributed by atoms with E-state index in [4.69, 9.17) is 0 Å². The smallest absolute Gasteiger partial charge is 0.328 e. The quantitative estimate of drug-likeness (QED) is 0.242. The Labute approximate surface area is 215 Å². The summed E-state index contributed by atoms with van der Waals surface area (Å²) in [5.74, 6) is -2.38. The molecule has 0 saturated carbocycles. The number of nitro benzene ring substituents is 2. The summed E-state index contributed by atoms with van der Waals surface area (Å²) in [7, 11) is -4.22. The molecule has 3 rings (SSSR count). The lowest BCUT2D eigenvalue weighted by Gasteiger charge is -2.25. The predicted octanol–water partition coefficient (Wildman–Crippen LogP) is 1.05. The Hall–Kier alpha value is -4.64. The number of carboxylic acid groups (broad SMARTS) is 1. The summed E-state index contributed by atoms with van der Waals surface area (Å²) in [5, 5.41) is 37.9. The second-order valence-corrected chi connectivity index (χ2v) is 9.95. The summed E-state index contributed by atoms with van der Waals surface area (Å²) in [5.41, 5.74) is -0.308. The van der Waals surface area contributed by atoms with Crippen LogP contribution in [0.15, 0.2) is 53.4 Å². The Balaban J connectivity index is 1.62. The molecule has 0 radical (unpaired) electrons. The summed E-state index contributed by atoms with van der Waals surface area (Å²) < 4.78 is 27.0. The molecule has 1 aliphatic rings. The fourth-order valence-electron chi connectivity index (χ4n) is 3.67. The van der Waals surface area contributed by atoms with Gasteiger partial charge in [-0.2, -0.15) is 4.31 Å². The van der Waals surface area contributed by atoms with Crippen molar-refractivity contribution in [2.75, 3.05) is 18.4 Å². The molecule has 38 heavy (non-hydrogen) atoms. The van der Waals surface area contributed by atoms with E-state index >= 15 is 0 Å². The number of nitro groups is 2. The average Bonchev–Trinajstić information content (AvgIpc) is 3.38. The maximum absolute atomic E-state index is 13.1. The number of aliphatic carboxylic acids is 1. The zero-order valence-corrected chi connectivity index (χ0v) is 20.3. The molecular formula is C21H22N6O10S. The van der Waals surface area contributed by atoms with Crippen molar-refractivity contribution in [1.82, 2.24) is 14.9 Å². The van der Waals surface area contributed by atoms with Gasteiger partial charge in [-0.05, 0) is 37.1 Å². The Morgan fingerprint density at radius 2 is 1.55 bits per heavy atom. The summed E-state index contributed by atoms with van der Waals surface area (Å²) in [6, 6.07) is 5.33. The van der Waals surface area contributed by atoms with Gasteiger partial charge in [0, 0.05) is 36.5 Å².